The Hall–Kier alpha value is -3.72. The van der Waals surface area contributed by atoms with E-state index in [1.165, 1.54) is 11.1 Å². The molecule has 4 N–H and O–H groups in total. The molecule has 0 heterocycles. The largest absolute Gasteiger partial charge is 0.508 e. The van der Waals surface area contributed by atoms with Gasteiger partial charge in [-0.2, -0.15) is 0 Å². The van der Waals surface area contributed by atoms with Crippen molar-refractivity contribution in [2.24, 2.45) is 0 Å². The molecule has 3 heteroatoms. The zero-order valence-electron chi connectivity index (χ0n) is 16.1. The number of nitrogen functional groups attached to an aromatic ring is 1. The third-order valence-corrected chi connectivity index (χ3v) is 6.04. The molecular formula is C26H21NO2. The van der Waals surface area contributed by atoms with E-state index in [0.29, 0.717) is 5.69 Å². The molecule has 4 aromatic rings. The van der Waals surface area contributed by atoms with Crippen molar-refractivity contribution in [3.05, 3.63) is 113 Å². The highest BCUT2D eigenvalue weighted by molar-refractivity contribution is 5.86. The molecule has 0 radical (unpaired) electrons. The minimum Gasteiger partial charge on any atom is -0.508 e. The fourth-order valence-corrected chi connectivity index (χ4v) is 4.70. The van der Waals surface area contributed by atoms with Crippen LogP contribution in [0.5, 0.6) is 11.5 Å². The van der Waals surface area contributed by atoms with E-state index in [2.05, 4.69) is 48.5 Å². The minimum atomic E-state index is -0.590. The summed E-state index contributed by atoms with van der Waals surface area (Å²) in [5.41, 5.74) is 13.4. The highest BCUT2D eigenvalue weighted by atomic mass is 16.3. The van der Waals surface area contributed by atoms with Gasteiger partial charge in [-0.15, -0.1) is 0 Å². The summed E-state index contributed by atoms with van der Waals surface area (Å²) >= 11 is 0. The first-order valence-electron chi connectivity index (χ1n) is 9.62. The van der Waals surface area contributed by atoms with E-state index in [0.717, 1.165) is 27.8 Å². The maximum absolute atomic E-state index is 10.2. The van der Waals surface area contributed by atoms with Crippen LogP contribution in [0.25, 0.3) is 11.1 Å². The van der Waals surface area contributed by atoms with E-state index >= 15 is 0 Å². The molecule has 142 valence electrons. The van der Waals surface area contributed by atoms with Crippen LogP contribution in [0.2, 0.25) is 0 Å². The Balaban J connectivity index is 1.97. The molecule has 0 fully saturated rings. The number of aromatic hydroxyl groups is 2. The Bertz CT molecular complexity index is 1160. The summed E-state index contributed by atoms with van der Waals surface area (Å²) in [6, 6.07) is 28.0. The van der Waals surface area contributed by atoms with Gasteiger partial charge < -0.3 is 15.9 Å². The van der Waals surface area contributed by atoms with Gasteiger partial charge in [0.1, 0.15) is 11.5 Å². The average molecular weight is 379 g/mol. The van der Waals surface area contributed by atoms with Gasteiger partial charge in [0.05, 0.1) is 11.1 Å². The van der Waals surface area contributed by atoms with E-state index in [4.69, 9.17) is 5.73 Å². The lowest BCUT2D eigenvalue weighted by molar-refractivity contribution is 0.470. The molecule has 1 aliphatic rings. The zero-order chi connectivity index (χ0) is 20.2. The van der Waals surface area contributed by atoms with Gasteiger partial charge in [-0.3, -0.25) is 0 Å². The van der Waals surface area contributed by atoms with Gasteiger partial charge in [-0.25, -0.2) is 0 Å². The maximum Gasteiger partial charge on any atom is 0.138 e. The SMILES string of the molecule is Cc1cc(C2(c3ccc(O)c(N)c3)c3ccccc3-c3ccccc32)ccc1O. The van der Waals surface area contributed by atoms with Crippen molar-refractivity contribution in [3.8, 4) is 22.6 Å². The molecule has 5 rings (SSSR count). The first-order chi connectivity index (χ1) is 14.0. The summed E-state index contributed by atoms with van der Waals surface area (Å²) in [7, 11) is 0. The standard InChI is InChI=1S/C26H21NO2/c1-16-14-17(10-12-24(16)28)26(18-11-13-25(29)23(27)15-18)21-8-4-2-6-19(21)20-7-3-5-9-22(20)26/h2-15,28-29H,27H2,1H3. The molecule has 0 aromatic heterocycles. The summed E-state index contributed by atoms with van der Waals surface area (Å²) in [4.78, 5) is 0. The number of nitrogens with two attached hydrogens (primary N) is 1. The van der Waals surface area contributed by atoms with E-state index in [1.54, 1.807) is 12.1 Å². The summed E-state index contributed by atoms with van der Waals surface area (Å²) in [5, 5.41) is 20.2. The number of benzene rings is 4. The molecule has 0 amide bonds. The molecule has 1 aliphatic carbocycles. The smallest absolute Gasteiger partial charge is 0.138 e. The predicted molar refractivity (Wildman–Crippen MR) is 116 cm³/mol. The second kappa shape index (κ2) is 6.14. The Kier molecular flexibility index (Phi) is 3.68. The fraction of sp³-hybridized carbons (Fsp3) is 0.0769. The van der Waals surface area contributed by atoms with Crippen molar-refractivity contribution in [1.82, 2.24) is 0 Å². The van der Waals surface area contributed by atoms with Gasteiger partial charge in [-0.1, -0.05) is 66.7 Å². The average Bonchev–Trinajstić information content (AvgIpc) is 3.04. The quantitative estimate of drug-likeness (QED) is 0.286. The number of hydrogen-bond acceptors (Lipinski definition) is 3. The van der Waals surface area contributed by atoms with Crippen LogP contribution in [0.15, 0.2) is 84.9 Å². The fourth-order valence-electron chi connectivity index (χ4n) is 4.70. The number of fused-ring (bicyclic) bond motifs is 3. The van der Waals surface area contributed by atoms with Gasteiger partial charge in [0.25, 0.3) is 0 Å². The van der Waals surface area contributed by atoms with Crippen molar-refractivity contribution in [2.75, 3.05) is 5.73 Å². The number of rotatable bonds is 2. The molecular weight excluding hydrogens is 358 g/mol. The van der Waals surface area contributed by atoms with Crippen LogP contribution < -0.4 is 5.73 Å². The molecule has 0 saturated heterocycles. The Morgan fingerprint density at radius 1 is 0.655 bits per heavy atom. The highest BCUT2D eigenvalue weighted by Crippen LogP contribution is 2.56. The maximum atomic E-state index is 10.2. The molecule has 4 aromatic carbocycles. The Labute approximate surface area is 169 Å². The Morgan fingerprint density at radius 3 is 1.72 bits per heavy atom. The normalized spacial score (nSPS) is 13.7. The monoisotopic (exact) mass is 379 g/mol. The molecule has 29 heavy (non-hydrogen) atoms. The van der Waals surface area contributed by atoms with Crippen LogP contribution in [0.1, 0.15) is 27.8 Å². The van der Waals surface area contributed by atoms with E-state index in [-0.39, 0.29) is 11.5 Å². The van der Waals surface area contributed by atoms with E-state index < -0.39 is 5.41 Å². The van der Waals surface area contributed by atoms with Gasteiger partial charge in [0.2, 0.25) is 0 Å². The molecule has 3 nitrogen and oxygen atoms in total. The molecule has 0 unspecified atom stereocenters. The summed E-state index contributed by atoms with van der Waals surface area (Å²) in [5.74, 6) is 0.346. The summed E-state index contributed by atoms with van der Waals surface area (Å²) in [6.07, 6.45) is 0. The van der Waals surface area contributed by atoms with Crippen molar-refractivity contribution in [1.29, 1.82) is 0 Å². The lowest BCUT2D eigenvalue weighted by Gasteiger charge is -2.34. The lowest BCUT2D eigenvalue weighted by Crippen LogP contribution is -2.28. The van der Waals surface area contributed by atoms with Crippen LogP contribution in [-0.2, 0) is 5.41 Å². The number of phenolic OH excluding ortho intramolecular Hbond substituents is 2. The topological polar surface area (TPSA) is 66.5 Å². The summed E-state index contributed by atoms with van der Waals surface area (Å²) < 4.78 is 0. The van der Waals surface area contributed by atoms with Crippen molar-refractivity contribution in [3.63, 3.8) is 0 Å². The summed E-state index contributed by atoms with van der Waals surface area (Å²) in [6.45, 7) is 1.91. The van der Waals surface area contributed by atoms with Crippen LogP contribution in [-0.4, -0.2) is 10.2 Å². The number of anilines is 1. The van der Waals surface area contributed by atoms with Gasteiger partial charge in [0.15, 0.2) is 0 Å². The van der Waals surface area contributed by atoms with Crippen molar-refractivity contribution < 1.29 is 10.2 Å². The first kappa shape index (κ1) is 17.4. The van der Waals surface area contributed by atoms with Crippen molar-refractivity contribution in [2.45, 2.75) is 12.3 Å². The molecule has 0 atom stereocenters. The van der Waals surface area contributed by atoms with Gasteiger partial charge in [0, 0.05) is 0 Å². The lowest BCUT2D eigenvalue weighted by atomic mass is 9.67. The molecule has 0 aliphatic heterocycles. The van der Waals surface area contributed by atoms with Crippen LogP contribution in [0.4, 0.5) is 5.69 Å². The van der Waals surface area contributed by atoms with Crippen LogP contribution in [0, 0.1) is 6.92 Å². The van der Waals surface area contributed by atoms with Gasteiger partial charge >= 0.3 is 0 Å². The zero-order valence-corrected chi connectivity index (χ0v) is 16.1. The van der Waals surface area contributed by atoms with Crippen molar-refractivity contribution >= 4 is 5.69 Å². The number of aryl methyl sites for hydroxylation is 1. The van der Waals surface area contributed by atoms with Crippen LogP contribution in [0.3, 0.4) is 0 Å². The van der Waals surface area contributed by atoms with E-state index in [9.17, 15) is 10.2 Å². The predicted octanol–water partition coefficient (Wildman–Crippen LogP) is 5.35. The first-order valence-corrected chi connectivity index (χ1v) is 9.62. The third kappa shape index (κ3) is 2.31. The molecule has 0 spiro atoms. The number of hydrogen-bond donors (Lipinski definition) is 3. The minimum absolute atomic E-state index is 0.0744. The van der Waals surface area contributed by atoms with E-state index in [1.807, 2.05) is 31.2 Å². The van der Waals surface area contributed by atoms with Crippen LogP contribution >= 0.6 is 0 Å². The second-order valence-corrected chi connectivity index (χ2v) is 7.62. The third-order valence-electron chi connectivity index (χ3n) is 6.04. The molecule has 0 bridgehead atoms. The molecule has 0 saturated carbocycles. The number of phenols is 2. The van der Waals surface area contributed by atoms with Gasteiger partial charge in [-0.05, 0) is 64.1 Å². The Morgan fingerprint density at radius 2 is 1.17 bits per heavy atom. The second-order valence-electron chi connectivity index (χ2n) is 7.62. The highest BCUT2D eigenvalue weighted by Gasteiger charge is 2.46.